The standard InChI is InChI=1S/C13H11ClN2O/c14-11-6-2-1-5-10(11)12(13(15)17)9-4-3-7-16-8-9/h1-8,12H,(H2,15,17). The van der Waals surface area contributed by atoms with Crippen LogP contribution in [0.5, 0.6) is 0 Å². The third kappa shape index (κ3) is 2.45. The molecule has 0 aliphatic carbocycles. The SMILES string of the molecule is NC(=O)C(c1cccnc1)c1ccccc1Cl. The maximum absolute atomic E-state index is 11.6. The highest BCUT2D eigenvalue weighted by Gasteiger charge is 2.22. The van der Waals surface area contributed by atoms with E-state index in [4.69, 9.17) is 17.3 Å². The molecule has 2 N–H and O–H groups in total. The zero-order chi connectivity index (χ0) is 12.3. The smallest absolute Gasteiger partial charge is 0.229 e. The summed E-state index contributed by atoms with van der Waals surface area (Å²) in [6, 6.07) is 10.8. The van der Waals surface area contributed by atoms with E-state index in [1.807, 2.05) is 18.2 Å². The number of nitrogens with zero attached hydrogens (tertiary/aromatic N) is 1. The fourth-order valence-electron chi connectivity index (χ4n) is 1.75. The number of nitrogens with two attached hydrogens (primary N) is 1. The maximum Gasteiger partial charge on any atom is 0.229 e. The van der Waals surface area contributed by atoms with Crippen molar-refractivity contribution in [3.63, 3.8) is 0 Å². The molecular formula is C13H11ClN2O. The lowest BCUT2D eigenvalue weighted by Gasteiger charge is -2.15. The largest absolute Gasteiger partial charge is 0.369 e. The Morgan fingerprint density at radius 2 is 2.00 bits per heavy atom. The average molecular weight is 247 g/mol. The molecule has 0 spiro atoms. The molecule has 0 bridgehead atoms. The van der Waals surface area contributed by atoms with Gasteiger partial charge in [-0.1, -0.05) is 35.9 Å². The van der Waals surface area contributed by atoms with Crippen molar-refractivity contribution in [2.24, 2.45) is 5.73 Å². The van der Waals surface area contributed by atoms with Crippen molar-refractivity contribution in [3.05, 3.63) is 64.9 Å². The number of halogens is 1. The number of benzene rings is 1. The normalized spacial score (nSPS) is 12.1. The first-order valence-corrected chi connectivity index (χ1v) is 5.51. The van der Waals surface area contributed by atoms with Gasteiger partial charge in [-0.15, -0.1) is 0 Å². The van der Waals surface area contributed by atoms with E-state index >= 15 is 0 Å². The predicted molar refractivity (Wildman–Crippen MR) is 66.7 cm³/mol. The van der Waals surface area contributed by atoms with Gasteiger partial charge in [0.15, 0.2) is 0 Å². The van der Waals surface area contributed by atoms with Gasteiger partial charge < -0.3 is 5.73 Å². The molecule has 1 aromatic heterocycles. The zero-order valence-corrected chi connectivity index (χ0v) is 9.76. The first kappa shape index (κ1) is 11.6. The predicted octanol–water partition coefficient (Wildman–Crippen LogP) is 2.35. The highest BCUT2D eigenvalue weighted by molar-refractivity contribution is 6.31. The molecule has 1 amide bonds. The fraction of sp³-hybridized carbons (Fsp3) is 0.0769. The second-order valence-corrected chi connectivity index (χ2v) is 4.05. The minimum atomic E-state index is -0.558. The van der Waals surface area contributed by atoms with E-state index < -0.39 is 11.8 Å². The summed E-state index contributed by atoms with van der Waals surface area (Å²) in [6.07, 6.45) is 3.27. The molecule has 1 unspecified atom stereocenters. The molecule has 0 aliphatic heterocycles. The lowest BCUT2D eigenvalue weighted by atomic mass is 9.92. The van der Waals surface area contributed by atoms with Crippen molar-refractivity contribution in [1.82, 2.24) is 4.98 Å². The van der Waals surface area contributed by atoms with Crippen molar-refractivity contribution < 1.29 is 4.79 Å². The Balaban J connectivity index is 2.51. The van der Waals surface area contributed by atoms with Gasteiger partial charge in [-0.3, -0.25) is 9.78 Å². The highest BCUT2D eigenvalue weighted by Crippen LogP contribution is 2.29. The second-order valence-electron chi connectivity index (χ2n) is 3.64. The number of amides is 1. The monoisotopic (exact) mass is 246 g/mol. The minimum Gasteiger partial charge on any atom is -0.369 e. The number of rotatable bonds is 3. The van der Waals surface area contributed by atoms with Crippen LogP contribution >= 0.6 is 11.6 Å². The molecule has 86 valence electrons. The van der Waals surface area contributed by atoms with Gasteiger partial charge in [0, 0.05) is 17.4 Å². The van der Waals surface area contributed by atoms with Crippen molar-refractivity contribution >= 4 is 17.5 Å². The molecule has 4 heteroatoms. The van der Waals surface area contributed by atoms with Gasteiger partial charge in [-0.2, -0.15) is 0 Å². The quantitative estimate of drug-likeness (QED) is 0.904. The van der Waals surface area contributed by atoms with E-state index in [1.54, 1.807) is 30.6 Å². The maximum atomic E-state index is 11.6. The van der Waals surface area contributed by atoms with Crippen LogP contribution in [-0.4, -0.2) is 10.9 Å². The zero-order valence-electron chi connectivity index (χ0n) is 9.01. The van der Waals surface area contributed by atoms with Crippen LogP contribution < -0.4 is 5.73 Å². The summed E-state index contributed by atoms with van der Waals surface area (Å²) in [5.41, 5.74) is 6.89. The van der Waals surface area contributed by atoms with Crippen molar-refractivity contribution in [2.45, 2.75) is 5.92 Å². The fourth-order valence-corrected chi connectivity index (χ4v) is 2.00. The van der Waals surface area contributed by atoms with E-state index in [2.05, 4.69) is 4.98 Å². The molecule has 0 radical (unpaired) electrons. The Morgan fingerprint density at radius 3 is 2.59 bits per heavy atom. The molecule has 0 saturated carbocycles. The topological polar surface area (TPSA) is 56.0 Å². The van der Waals surface area contributed by atoms with E-state index in [0.717, 1.165) is 5.56 Å². The Kier molecular flexibility index (Phi) is 3.40. The Hall–Kier alpha value is -1.87. The Labute approximate surface area is 104 Å². The van der Waals surface area contributed by atoms with Crippen LogP contribution in [0.3, 0.4) is 0 Å². The Bertz CT molecular complexity index is 528. The molecule has 1 aromatic carbocycles. The third-order valence-electron chi connectivity index (χ3n) is 2.52. The minimum absolute atomic E-state index is 0.439. The summed E-state index contributed by atoms with van der Waals surface area (Å²) in [5, 5.41) is 0.528. The molecule has 0 aliphatic rings. The summed E-state index contributed by atoms with van der Waals surface area (Å²) in [4.78, 5) is 15.6. The van der Waals surface area contributed by atoms with Gasteiger partial charge in [0.25, 0.3) is 0 Å². The number of carbonyl (C=O) groups is 1. The van der Waals surface area contributed by atoms with Crippen LogP contribution in [-0.2, 0) is 4.79 Å². The number of hydrogen-bond donors (Lipinski definition) is 1. The van der Waals surface area contributed by atoms with Crippen LogP contribution in [0.1, 0.15) is 17.0 Å². The molecule has 1 heterocycles. The first-order valence-electron chi connectivity index (χ1n) is 5.14. The average Bonchev–Trinajstić information content (AvgIpc) is 2.33. The van der Waals surface area contributed by atoms with Gasteiger partial charge >= 0.3 is 0 Å². The van der Waals surface area contributed by atoms with Crippen LogP contribution in [0.25, 0.3) is 0 Å². The van der Waals surface area contributed by atoms with Crippen molar-refractivity contribution in [2.75, 3.05) is 0 Å². The summed E-state index contributed by atoms with van der Waals surface area (Å²) in [5.74, 6) is -0.997. The van der Waals surface area contributed by atoms with E-state index in [1.165, 1.54) is 0 Å². The molecular weight excluding hydrogens is 236 g/mol. The highest BCUT2D eigenvalue weighted by atomic mass is 35.5. The van der Waals surface area contributed by atoms with Crippen LogP contribution in [0.2, 0.25) is 5.02 Å². The van der Waals surface area contributed by atoms with Crippen molar-refractivity contribution in [1.29, 1.82) is 0 Å². The summed E-state index contributed by atoms with van der Waals surface area (Å²) >= 11 is 6.08. The van der Waals surface area contributed by atoms with Gasteiger partial charge in [0.2, 0.25) is 5.91 Å². The van der Waals surface area contributed by atoms with E-state index in [9.17, 15) is 4.79 Å². The van der Waals surface area contributed by atoms with E-state index in [0.29, 0.717) is 10.6 Å². The molecule has 1 atom stereocenters. The van der Waals surface area contributed by atoms with Gasteiger partial charge in [0.1, 0.15) is 0 Å². The lowest BCUT2D eigenvalue weighted by Crippen LogP contribution is -2.22. The van der Waals surface area contributed by atoms with Gasteiger partial charge in [0.05, 0.1) is 5.92 Å². The van der Waals surface area contributed by atoms with Crippen LogP contribution in [0, 0.1) is 0 Å². The number of hydrogen-bond acceptors (Lipinski definition) is 2. The molecule has 17 heavy (non-hydrogen) atoms. The lowest BCUT2D eigenvalue weighted by molar-refractivity contribution is -0.118. The first-order chi connectivity index (χ1) is 8.20. The molecule has 2 rings (SSSR count). The van der Waals surface area contributed by atoms with Crippen LogP contribution in [0.15, 0.2) is 48.8 Å². The van der Waals surface area contributed by atoms with Gasteiger partial charge in [-0.25, -0.2) is 0 Å². The summed E-state index contributed by atoms with van der Waals surface area (Å²) in [7, 11) is 0. The number of pyridine rings is 1. The third-order valence-corrected chi connectivity index (χ3v) is 2.86. The number of carbonyl (C=O) groups excluding carboxylic acids is 1. The molecule has 0 saturated heterocycles. The Morgan fingerprint density at radius 1 is 1.24 bits per heavy atom. The molecule has 3 nitrogen and oxygen atoms in total. The molecule has 2 aromatic rings. The molecule has 0 fully saturated rings. The van der Waals surface area contributed by atoms with Crippen molar-refractivity contribution in [3.8, 4) is 0 Å². The number of aromatic nitrogens is 1. The second kappa shape index (κ2) is 4.97. The summed E-state index contributed by atoms with van der Waals surface area (Å²) in [6.45, 7) is 0. The summed E-state index contributed by atoms with van der Waals surface area (Å²) < 4.78 is 0. The number of primary amides is 1. The van der Waals surface area contributed by atoms with Crippen LogP contribution in [0.4, 0.5) is 0 Å². The van der Waals surface area contributed by atoms with E-state index in [-0.39, 0.29) is 0 Å². The van der Waals surface area contributed by atoms with Gasteiger partial charge in [-0.05, 0) is 23.3 Å².